The number of aryl methyl sites for hydroxylation is 1. The summed E-state index contributed by atoms with van der Waals surface area (Å²) in [5.74, 6) is 1.70. The van der Waals surface area contributed by atoms with E-state index in [0.29, 0.717) is 28.8 Å². The van der Waals surface area contributed by atoms with Crippen LogP contribution in [0.25, 0.3) is 16.6 Å². The normalized spacial score (nSPS) is 10.8. The number of fused-ring (bicyclic) bond motifs is 1. The highest BCUT2D eigenvalue weighted by Crippen LogP contribution is 2.25. The Kier molecular flexibility index (Phi) is 8.05. The zero-order chi connectivity index (χ0) is 28.8. The molecule has 0 spiro atoms. The molecule has 5 N–H and O–H groups in total. The number of benzene rings is 2. The van der Waals surface area contributed by atoms with Crippen LogP contribution in [0.15, 0.2) is 79.0 Å². The Balaban J connectivity index is 1.30. The number of aromatic nitrogens is 4. The molecule has 11 heteroatoms. The van der Waals surface area contributed by atoms with Crippen LogP contribution < -0.4 is 26.4 Å². The third kappa shape index (κ3) is 6.59. The van der Waals surface area contributed by atoms with E-state index in [-0.39, 0.29) is 11.6 Å². The highest BCUT2D eigenvalue weighted by Gasteiger charge is 2.14. The van der Waals surface area contributed by atoms with Gasteiger partial charge in [0.2, 0.25) is 0 Å². The Bertz CT molecular complexity index is 1700. The molecule has 0 aliphatic rings. The molecule has 41 heavy (non-hydrogen) atoms. The van der Waals surface area contributed by atoms with E-state index in [1.54, 1.807) is 47.1 Å². The van der Waals surface area contributed by atoms with E-state index in [2.05, 4.69) is 32.8 Å². The van der Waals surface area contributed by atoms with Gasteiger partial charge in [-0.05, 0) is 73.5 Å². The Morgan fingerprint density at radius 1 is 0.951 bits per heavy atom. The number of anilines is 3. The van der Waals surface area contributed by atoms with Crippen molar-refractivity contribution in [2.24, 2.45) is 0 Å². The number of hydrogen-bond donors (Lipinski definition) is 4. The topological polar surface area (TPSA) is 149 Å². The molecule has 11 nitrogen and oxygen atoms in total. The number of pyridine rings is 2. The van der Waals surface area contributed by atoms with Crippen LogP contribution in [0.4, 0.5) is 22.1 Å². The number of carbonyl (C=O) groups is 2. The number of nitrogen functional groups attached to an aromatic ring is 1. The molecule has 0 saturated heterocycles. The van der Waals surface area contributed by atoms with Gasteiger partial charge in [-0.15, -0.1) is 0 Å². The number of hydrogen-bond acceptors (Lipinski definition) is 7. The second kappa shape index (κ2) is 12.2. The van der Waals surface area contributed by atoms with Gasteiger partial charge in [0, 0.05) is 36.5 Å². The van der Waals surface area contributed by atoms with Crippen molar-refractivity contribution < 1.29 is 14.3 Å². The Morgan fingerprint density at radius 3 is 2.56 bits per heavy atom. The summed E-state index contributed by atoms with van der Waals surface area (Å²) in [6, 6.07) is 21.0. The van der Waals surface area contributed by atoms with Crippen LogP contribution in [0, 0.1) is 0 Å². The summed E-state index contributed by atoms with van der Waals surface area (Å²) in [7, 11) is 1.54. The minimum Gasteiger partial charge on any atom is -0.457 e. The number of nitrogens with two attached hydrogens (primary N) is 1. The van der Waals surface area contributed by atoms with Gasteiger partial charge in [-0.1, -0.05) is 13.3 Å². The van der Waals surface area contributed by atoms with Crippen molar-refractivity contribution in [2.75, 3.05) is 23.4 Å². The number of unbranched alkanes of at least 4 members (excludes halogenated alkanes) is 1. The fraction of sp³-hybridized carbons (Fsp3) is 0.167. The zero-order valence-corrected chi connectivity index (χ0v) is 22.7. The molecular weight excluding hydrogens is 520 g/mol. The maximum Gasteiger partial charge on any atom is 0.324 e. The predicted octanol–water partition coefficient (Wildman–Crippen LogP) is 5.54. The molecule has 3 aromatic heterocycles. The summed E-state index contributed by atoms with van der Waals surface area (Å²) >= 11 is 0. The molecule has 3 heterocycles. The van der Waals surface area contributed by atoms with Gasteiger partial charge in [-0.3, -0.25) is 15.1 Å². The lowest BCUT2D eigenvalue weighted by atomic mass is 10.2. The quantitative estimate of drug-likeness (QED) is 0.188. The summed E-state index contributed by atoms with van der Waals surface area (Å²) in [6.07, 6.45) is 4.33. The predicted molar refractivity (Wildman–Crippen MR) is 159 cm³/mol. The Morgan fingerprint density at radius 2 is 1.78 bits per heavy atom. The van der Waals surface area contributed by atoms with E-state index in [0.717, 1.165) is 41.5 Å². The second-order valence-electron chi connectivity index (χ2n) is 9.31. The molecule has 0 saturated carbocycles. The van der Waals surface area contributed by atoms with E-state index in [1.807, 2.05) is 30.3 Å². The van der Waals surface area contributed by atoms with Gasteiger partial charge in [-0.2, -0.15) is 5.10 Å². The van der Waals surface area contributed by atoms with E-state index < -0.39 is 6.03 Å². The number of carbonyl (C=O) groups excluding carboxylic acids is 2. The monoisotopic (exact) mass is 550 g/mol. The number of amides is 3. The van der Waals surface area contributed by atoms with Crippen LogP contribution in [0.2, 0.25) is 0 Å². The van der Waals surface area contributed by atoms with E-state index in [9.17, 15) is 9.59 Å². The highest BCUT2D eigenvalue weighted by molar-refractivity contribution is 5.99. The van der Waals surface area contributed by atoms with Crippen LogP contribution in [-0.4, -0.2) is 38.7 Å². The highest BCUT2D eigenvalue weighted by atomic mass is 16.5. The van der Waals surface area contributed by atoms with Gasteiger partial charge in [0.25, 0.3) is 5.91 Å². The number of rotatable bonds is 9. The molecule has 3 amide bonds. The van der Waals surface area contributed by atoms with Crippen molar-refractivity contribution in [3.8, 4) is 17.2 Å². The van der Waals surface area contributed by atoms with Gasteiger partial charge < -0.3 is 21.1 Å². The summed E-state index contributed by atoms with van der Waals surface area (Å²) in [6.45, 7) is 2.13. The third-order valence-electron chi connectivity index (χ3n) is 6.27. The van der Waals surface area contributed by atoms with Gasteiger partial charge in [0.1, 0.15) is 28.8 Å². The average molecular weight is 551 g/mol. The Labute approximate surface area is 236 Å². The molecule has 0 radical (unpaired) electrons. The summed E-state index contributed by atoms with van der Waals surface area (Å²) in [4.78, 5) is 33.2. The van der Waals surface area contributed by atoms with Crippen LogP contribution >= 0.6 is 0 Å². The lowest BCUT2D eigenvalue weighted by molar-refractivity contribution is 0.0957. The molecule has 0 unspecified atom stereocenters. The minimum atomic E-state index is -0.415. The number of ether oxygens (including phenoxy) is 1. The zero-order valence-electron chi connectivity index (χ0n) is 22.7. The van der Waals surface area contributed by atoms with E-state index in [4.69, 9.17) is 15.6 Å². The molecule has 0 fully saturated rings. The summed E-state index contributed by atoms with van der Waals surface area (Å²) < 4.78 is 7.56. The largest absolute Gasteiger partial charge is 0.457 e. The van der Waals surface area contributed by atoms with E-state index >= 15 is 0 Å². The molecule has 2 aromatic carbocycles. The van der Waals surface area contributed by atoms with Crippen LogP contribution in [0.1, 0.15) is 35.9 Å². The first kappa shape index (κ1) is 27.1. The first-order valence-corrected chi connectivity index (χ1v) is 13.2. The molecule has 0 aliphatic carbocycles. The third-order valence-corrected chi connectivity index (χ3v) is 6.27. The van der Waals surface area contributed by atoms with Crippen molar-refractivity contribution >= 4 is 40.2 Å². The maximum atomic E-state index is 13.0. The molecule has 0 bridgehead atoms. The second-order valence-corrected chi connectivity index (χ2v) is 9.31. The van der Waals surface area contributed by atoms with Gasteiger partial charge >= 0.3 is 6.03 Å². The van der Waals surface area contributed by atoms with Crippen molar-refractivity contribution in [2.45, 2.75) is 26.2 Å². The molecule has 5 rings (SSSR count). The summed E-state index contributed by atoms with van der Waals surface area (Å²) in [5.41, 5.74) is 9.10. The lowest BCUT2D eigenvalue weighted by Crippen LogP contribution is -2.21. The van der Waals surface area contributed by atoms with Crippen LogP contribution in [0.3, 0.4) is 0 Å². The van der Waals surface area contributed by atoms with Crippen LogP contribution in [-0.2, 0) is 6.42 Å². The summed E-state index contributed by atoms with van der Waals surface area (Å²) in [5, 5.41) is 14.0. The average Bonchev–Trinajstić information content (AvgIpc) is 3.38. The number of nitrogens with one attached hydrogen (secondary N) is 3. The fourth-order valence-corrected chi connectivity index (χ4v) is 4.20. The first-order valence-electron chi connectivity index (χ1n) is 13.2. The first-order chi connectivity index (χ1) is 19.9. The van der Waals surface area contributed by atoms with Gasteiger partial charge in [0.15, 0.2) is 0 Å². The Hall–Kier alpha value is -5.45. The standard InChI is InChI=1S/C30H30N8O3/c1-3-4-5-21-17-28(38(37-21)22-9-12-25-19(16-22)6-13-27(31)35-25)36-30(40)34-20-7-10-23(11-8-20)41-24-14-15-33-26(18-24)29(39)32-2/h6-18H,3-5H2,1-2H3,(H2,31,35)(H,32,39)(H2,34,36,40). The molecular formula is C30H30N8O3. The maximum absolute atomic E-state index is 13.0. The van der Waals surface area contributed by atoms with Crippen molar-refractivity contribution in [1.82, 2.24) is 25.1 Å². The molecule has 5 aromatic rings. The van der Waals surface area contributed by atoms with Crippen molar-refractivity contribution in [3.05, 3.63) is 90.4 Å². The van der Waals surface area contributed by atoms with E-state index in [1.165, 1.54) is 13.2 Å². The van der Waals surface area contributed by atoms with Gasteiger partial charge in [-0.25, -0.2) is 14.5 Å². The number of nitrogens with zero attached hydrogens (tertiary/aromatic N) is 4. The van der Waals surface area contributed by atoms with Crippen molar-refractivity contribution in [3.63, 3.8) is 0 Å². The fourth-order valence-electron chi connectivity index (χ4n) is 4.20. The smallest absolute Gasteiger partial charge is 0.324 e. The lowest BCUT2D eigenvalue weighted by Gasteiger charge is -2.11. The SMILES string of the molecule is CCCCc1cc(NC(=O)Nc2ccc(Oc3ccnc(C(=O)NC)c3)cc2)n(-c2ccc3nc(N)ccc3c2)n1. The molecule has 0 atom stereocenters. The van der Waals surface area contributed by atoms with Gasteiger partial charge in [0.05, 0.1) is 16.9 Å². The minimum absolute atomic E-state index is 0.252. The molecule has 208 valence electrons. The number of urea groups is 1. The molecule has 0 aliphatic heterocycles. The van der Waals surface area contributed by atoms with Crippen molar-refractivity contribution in [1.29, 1.82) is 0 Å². The van der Waals surface area contributed by atoms with Crippen LogP contribution in [0.5, 0.6) is 11.5 Å².